The first-order valence-corrected chi connectivity index (χ1v) is 6.17. The molecule has 1 aliphatic heterocycles. The molecular weight excluding hydrogens is 244 g/mol. The molecule has 0 bridgehead atoms. The number of rotatable bonds is 4. The van der Waals surface area contributed by atoms with Crippen LogP contribution in [-0.4, -0.2) is 31.1 Å². The van der Waals surface area contributed by atoms with E-state index in [0.29, 0.717) is 18.5 Å². The highest BCUT2D eigenvalue weighted by atomic mass is 16.5. The Hall–Kier alpha value is -1.88. The molecule has 1 heterocycles. The molecule has 0 unspecified atom stereocenters. The fraction of sp³-hybridized carbons (Fsp3) is 0.429. The molecule has 2 N–H and O–H groups in total. The standard InChI is InChI=1S/C14H18N2O3/c1-14(2,19-3)8-15-13(18)9-4-5-11-10(6-9)7-12(17)16-11/h4-6H,7-8H2,1-3H3,(H,15,18)(H,16,17). The quantitative estimate of drug-likeness (QED) is 0.860. The Kier molecular flexibility index (Phi) is 3.57. The lowest BCUT2D eigenvalue weighted by Gasteiger charge is -2.23. The molecule has 0 spiro atoms. The lowest BCUT2D eigenvalue weighted by molar-refractivity contribution is -0.115. The second kappa shape index (κ2) is 5.01. The Morgan fingerprint density at radius 3 is 2.89 bits per heavy atom. The molecule has 0 aliphatic carbocycles. The van der Waals surface area contributed by atoms with Crippen LogP contribution in [-0.2, 0) is 16.0 Å². The van der Waals surface area contributed by atoms with Crippen LogP contribution < -0.4 is 10.6 Å². The van der Waals surface area contributed by atoms with Crippen molar-refractivity contribution in [1.29, 1.82) is 0 Å². The molecule has 5 heteroatoms. The highest BCUT2D eigenvalue weighted by Gasteiger charge is 2.21. The maximum Gasteiger partial charge on any atom is 0.251 e. The van der Waals surface area contributed by atoms with E-state index in [2.05, 4.69) is 10.6 Å². The lowest BCUT2D eigenvalue weighted by Crippen LogP contribution is -2.39. The number of nitrogens with one attached hydrogen (secondary N) is 2. The van der Waals surface area contributed by atoms with Gasteiger partial charge in [0.05, 0.1) is 12.0 Å². The average Bonchev–Trinajstić information content (AvgIpc) is 2.75. The van der Waals surface area contributed by atoms with Gasteiger partial charge in [-0.3, -0.25) is 9.59 Å². The number of benzene rings is 1. The number of fused-ring (bicyclic) bond motifs is 1. The predicted octanol–water partition coefficient (Wildman–Crippen LogP) is 1.34. The molecule has 102 valence electrons. The van der Waals surface area contributed by atoms with E-state index in [1.165, 1.54) is 0 Å². The minimum Gasteiger partial charge on any atom is -0.377 e. The Morgan fingerprint density at radius 2 is 2.21 bits per heavy atom. The van der Waals surface area contributed by atoms with Crippen molar-refractivity contribution >= 4 is 17.5 Å². The summed E-state index contributed by atoms with van der Waals surface area (Å²) in [6.45, 7) is 4.23. The van der Waals surface area contributed by atoms with E-state index in [1.54, 1.807) is 25.3 Å². The number of carbonyl (C=O) groups excluding carboxylic acids is 2. The van der Waals surface area contributed by atoms with Crippen molar-refractivity contribution in [2.45, 2.75) is 25.9 Å². The largest absolute Gasteiger partial charge is 0.377 e. The lowest BCUT2D eigenvalue weighted by atomic mass is 10.1. The zero-order valence-electron chi connectivity index (χ0n) is 11.4. The van der Waals surface area contributed by atoms with Gasteiger partial charge in [0.1, 0.15) is 0 Å². The van der Waals surface area contributed by atoms with Crippen LogP contribution in [0.1, 0.15) is 29.8 Å². The third-order valence-electron chi connectivity index (χ3n) is 3.22. The summed E-state index contributed by atoms with van der Waals surface area (Å²) < 4.78 is 5.24. The third-order valence-corrected chi connectivity index (χ3v) is 3.22. The summed E-state index contributed by atoms with van der Waals surface area (Å²) in [6, 6.07) is 5.22. The van der Waals surface area contributed by atoms with E-state index in [-0.39, 0.29) is 11.8 Å². The van der Waals surface area contributed by atoms with E-state index in [9.17, 15) is 9.59 Å². The van der Waals surface area contributed by atoms with Crippen LogP contribution in [0.4, 0.5) is 5.69 Å². The SMILES string of the molecule is COC(C)(C)CNC(=O)c1ccc2c(c1)CC(=O)N2. The summed E-state index contributed by atoms with van der Waals surface area (Å²) in [4.78, 5) is 23.3. The number of hydrogen-bond donors (Lipinski definition) is 2. The maximum atomic E-state index is 12.0. The summed E-state index contributed by atoms with van der Waals surface area (Å²) >= 11 is 0. The van der Waals surface area contributed by atoms with Gasteiger partial charge in [-0.2, -0.15) is 0 Å². The molecule has 0 saturated carbocycles. The minimum atomic E-state index is -0.399. The fourth-order valence-corrected chi connectivity index (χ4v) is 1.84. The van der Waals surface area contributed by atoms with Crippen LogP contribution in [0, 0.1) is 0 Å². The molecule has 0 fully saturated rings. The van der Waals surface area contributed by atoms with Crippen LogP contribution in [0.2, 0.25) is 0 Å². The van der Waals surface area contributed by atoms with Gasteiger partial charge < -0.3 is 15.4 Å². The number of carbonyl (C=O) groups is 2. The third kappa shape index (κ3) is 3.12. The Labute approximate surface area is 112 Å². The molecule has 2 amide bonds. The molecule has 1 aliphatic rings. The first kappa shape index (κ1) is 13.5. The molecule has 19 heavy (non-hydrogen) atoms. The number of ether oxygens (including phenoxy) is 1. The summed E-state index contributed by atoms with van der Waals surface area (Å²) in [5.41, 5.74) is 1.81. The molecule has 0 saturated heterocycles. The van der Waals surface area contributed by atoms with Crippen molar-refractivity contribution in [3.63, 3.8) is 0 Å². The first-order chi connectivity index (χ1) is 8.91. The molecule has 0 atom stereocenters. The Bertz CT molecular complexity index is 523. The summed E-state index contributed by atoms with van der Waals surface area (Å²) in [5, 5.41) is 5.56. The van der Waals surface area contributed by atoms with E-state index in [1.807, 2.05) is 13.8 Å². The summed E-state index contributed by atoms with van der Waals surface area (Å²) in [7, 11) is 1.61. The normalized spacial score (nSPS) is 13.9. The Balaban J connectivity index is 2.05. The molecule has 1 aromatic rings. The van der Waals surface area contributed by atoms with Crippen molar-refractivity contribution in [3.05, 3.63) is 29.3 Å². The zero-order valence-corrected chi connectivity index (χ0v) is 11.4. The molecule has 0 radical (unpaired) electrons. The molecule has 5 nitrogen and oxygen atoms in total. The second-order valence-corrected chi connectivity index (χ2v) is 5.24. The van der Waals surface area contributed by atoms with Crippen LogP contribution >= 0.6 is 0 Å². The zero-order chi connectivity index (χ0) is 14.0. The number of methoxy groups -OCH3 is 1. The molecule has 0 aromatic heterocycles. The second-order valence-electron chi connectivity index (χ2n) is 5.24. The van der Waals surface area contributed by atoms with Gasteiger partial charge in [0.2, 0.25) is 5.91 Å². The number of hydrogen-bond acceptors (Lipinski definition) is 3. The van der Waals surface area contributed by atoms with Crippen molar-refractivity contribution in [3.8, 4) is 0 Å². The van der Waals surface area contributed by atoms with Gasteiger partial charge >= 0.3 is 0 Å². The molecule has 2 rings (SSSR count). The predicted molar refractivity (Wildman–Crippen MR) is 72.2 cm³/mol. The molecule has 1 aromatic carbocycles. The van der Waals surface area contributed by atoms with Gasteiger partial charge in [0.25, 0.3) is 5.91 Å². The van der Waals surface area contributed by atoms with Gasteiger partial charge in [-0.15, -0.1) is 0 Å². The highest BCUT2D eigenvalue weighted by molar-refractivity contribution is 6.01. The van der Waals surface area contributed by atoms with Crippen LogP contribution in [0.15, 0.2) is 18.2 Å². The van der Waals surface area contributed by atoms with Crippen molar-refractivity contribution in [2.75, 3.05) is 19.0 Å². The van der Waals surface area contributed by atoms with Crippen molar-refractivity contribution in [1.82, 2.24) is 5.32 Å². The van der Waals surface area contributed by atoms with Gasteiger partial charge in [0.15, 0.2) is 0 Å². The van der Waals surface area contributed by atoms with E-state index >= 15 is 0 Å². The first-order valence-electron chi connectivity index (χ1n) is 6.17. The topological polar surface area (TPSA) is 67.4 Å². The summed E-state index contributed by atoms with van der Waals surface area (Å²) in [5.74, 6) is -0.194. The number of amides is 2. The van der Waals surface area contributed by atoms with Gasteiger partial charge in [0, 0.05) is 24.9 Å². The smallest absolute Gasteiger partial charge is 0.251 e. The van der Waals surface area contributed by atoms with E-state index < -0.39 is 5.60 Å². The van der Waals surface area contributed by atoms with Gasteiger partial charge in [-0.25, -0.2) is 0 Å². The summed E-state index contributed by atoms with van der Waals surface area (Å²) in [6.07, 6.45) is 0.333. The van der Waals surface area contributed by atoms with Crippen molar-refractivity contribution in [2.24, 2.45) is 0 Å². The van der Waals surface area contributed by atoms with Gasteiger partial charge in [-0.05, 0) is 37.6 Å². The average molecular weight is 262 g/mol. The Morgan fingerprint density at radius 1 is 1.47 bits per heavy atom. The van der Waals surface area contributed by atoms with Crippen LogP contribution in [0.3, 0.4) is 0 Å². The van der Waals surface area contributed by atoms with Crippen LogP contribution in [0.25, 0.3) is 0 Å². The maximum absolute atomic E-state index is 12.0. The van der Waals surface area contributed by atoms with Gasteiger partial charge in [-0.1, -0.05) is 0 Å². The minimum absolute atomic E-state index is 0.0342. The van der Waals surface area contributed by atoms with Crippen molar-refractivity contribution < 1.29 is 14.3 Å². The van der Waals surface area contributed by atoms with Crippen LogP contribution in [0.5, 0.6) is 0 Å². The monoisotopic (exact) mass is 262 g/mol. The van der Waals surface area contributed by atoms with E-state index in [4.69, 9.17) is 4.74 Å². The van der Waals surface area contributed by atoms with E-state index in [0.717, 1.165) is 11.3 Å². The number of anilines is 1. The highest BCUT2D eigenvalue weighted by Crippen LogP contribution is 2.23. The molecular formula is C14H18N2O3. The fourth-order valence-electron chi connectivity index (χ4n) is 1.84.